The number of rotatable bonds is 5. The Morgan fingerprint density at radius 3 is 2.74 bits per heavy atom. The number of aliphatic carboxylic acids is 1. The lowest BCUT2D eigenvalue weighted by atomic mass is 10.1. The van der Waals surface area contributed by atoms with Crippen LogP contribution < -0.4 is 5.32 Å². The predicted molar refractivity (Wildman–Crippen MR) is 74.4 cm³/mol. The minimum atomic E-state index is -1.97. The molecule has 0 saturated carbocycles. The highest BCUT2D eigenvalue weighted by Gasteiger charge is 2.29. The molecule has 6 heteroatoms. The molecule has 0 aromatic heterocycles. The van der Waals surface area contributed by atoms with E-state index in [0.29, 0.717) is 0 Å². The number of amides is 1. The fourth-order valence-corrected chi connectivity index (χ4v) is 1.59. The van der Waals surface area contributed by atoms with E-state index in [4.69, 9.17) is 5.11 Å². The summed E-state index contributed by atoms with van der Waals surface area (Å²) in [5.74, 6) is -1.86. The minimum Gasteiger partial charge on any atom is -0.479 e. The van der Waals surface area contributed by atoms with Crippen molar-refractivity contribution in [1.82, 2.24) is 5.32 Å². The van der Waals surface area contributed by atoms with Gasteiger partial charge in [0.1, 0.15) is 0 Å². The van der Waals surface area contributed by atoms with E-state index < -0.39 is 17.5 Å². The van der Waals surface area contributed by atoms with Crippen molar-refractivity contribution in [2.24, 2.45) is 0 Å². The van der Waals surface area contributed by atoms with Crippen molar-refractivity contribution < 1.29 is 19.8 Å². The summed E-state index contributed by atoms with van der Waals surface area (Å²) in [5, 5.41) is 20.4. The Labute approximate surface area is 119 Å². The maximum Gasteiger partial charge on any atom is 0.337 e. The van der Waals surface area contributed by atoms with Gasteiger partial charge in [0.2, 0.25) is 5.91 Å². The zero-order valence-electron chi connectivity index (χ0n) is 10.3. The van der Waals surface area contributed by atoms with Crippen LogP contribution in [0.15, 0.2) is 34.8 Å². The molecule has 102 valence electrons. The Morgan fingerprint density at radius 1 is 1.47 bits per heavy atom. The van der Waals surface area contributed by atoms with Crippen LogP contribution in [0.25, 0.3) is 6.08 Å². The van der Waals surface area contributed by atoms with Gasteiger partial charge in [-0.05, 0) is 30.7 Å². The first kappa shape index (κ1) is 15.4. The number of hydrogen-bond donors (Lipinski definition) is 3. The highest BCUT2D eigenvalue weighted by atomic mass is 79.9. The number of nitrogens with one attached hydrogen (secondary N) is 1. The summed E-state index contributed by atoms with van der Waals surface area (Å²) in [4.78, 5) is 22.1. The van der Waals surface area contributed by atoms with Gasteiger partial charge in [-0.25, -0.2) is 4.79 Å². The summed E-state index contributed by atoms with van der Waals surface area (Å²) in [7, 11) is 0. The normalized spacial score (nSPS) is 14.1. The quantitative estimate of drug-likeness (QED) is 0.714. The Balaban J connectivity index is 2.54. The first-order valence-corrected chi connectivity index (χ1v) is 6.28. The van der Waals surface area contributed by atoms with Crippen molar-refractivity contribution in [1.29, 1.82) is 0 Å². The van der Waals surface area contributed by atoms with Gasteiger partial charge in [0.25, 0.3) is 0 Å². The Kier molecular flexibility index (Phi) is 5.26. The molecule has 1 unspecified atom stereocenters. The highest BCUT2D eigenvalue weighted by molar-refractivity contribution is 9.10. The van der Waals surface area contributed by atoms with Crippen LogP contribution in [0.3, 0.4) is 0 Å². The molecule has 5 nitrogen and oxygen atoms in total. The molecule has 0 spiro atoms. The average Bonchev–Trinajstić information content (AvgIpc) is 2.34. The molecule has 0 radical (unpaired) electrons. The molecule has 1 atom stereocenters. The number of carbonyl (C=O) groups is 2. The molecule has 1 rings (SSSR count). The number of aliphatic hydroxyl groups is 1. The van der Waals surface area contributed by atoms with E-state index in [0.717, 1.165) is 17.0 Å². The number of carboxylic acid groups (broad SMARTS) is 1. The molecule has 1 aromatic rings. The summed E-state index contributed by atoms with van der Waals surface area (Å²) in [6.45, 7) is 0.762. The number of halogens is 1. The summed E-state index contributed by atoms with van der Waals surface area (Å²) in [6.07, 6.45) is 2.87. The van der Waals surface area contributed by atoms with Crippen molar-refractivity contribution >= 4 is 33.9 Å². The van der Waals surface area contributed by atoms with Gasteiger partial charge >= 0.3 is 5.97 Å². The zero-order chi connectivity index (χ0) is 14.5. The summed E-state index contributed by atoms with van der Waals surface area (Å²) in [6, 6.07) is 7.34. The van der Waals surface area contributed by atoms with E-state index in [2.05, 4.69) is 21.2 Å². The van der Waals surface area contributed by atoms with Crippen LogP contribution in [0.1, 0.15) is 12.5 Å². The molecule has 1 aromatic carbocycles. The van der Waals surface area contributed by atoms with E-state index >= 15 is 0 Å². The molecular formula is C13H14BrNO4. The average molecular weight is 328 g/mol. The third-order valence-corrected chi connectivity index (χ3v) is 2.84. The second kappa shape index (κ2) is 6.49. The maximum atomic E-state index is 11.5. The van der Waals surface area contributed by atoms with Crippen LogP contribution >= 0.6 is 15.9 Å². The number of carboxylic acids is 1. The number of hydrogen-bond acceptors (Lipinski definition) is 3. The van der Waals surface area contributed by atoms with Crippen LogP contribution in [0.5, 0.6) is 0 Å². The van der Waals surface area contributed by atoms with Gasteiger partial charge in [-0.2, -0.15) is 0 Å². The first-order chi connectivity index (χ1) is 8.81. The van der Waals surface area contributed by atoms with Crippen molar-refractivity contribution in [3.8, 4) is 0 Å². The molecule has 1 amide bonds. The Hall–Kier alpha value is -1.66. The number of carbonyl (C=O) groups excluding carboxylic acids is 1. The summed E-state index contributed by atoms with van der Waals surface area (Å²) < 4.78 is 0.892. The van der Waals surface area contributed by atoms with E-state index in [1.54, 1.807) is 6.08 Å². The number of benzene rings is 1. The van der Waals surface area contributed by atoms with Gasteiger partial charge in [0, 0.05) is 10.5 Å². The molecule has 0 saturated heterocycles. The molecule has 0 fully saturated rings. The molecule has 0 bridgehead atoms. The molecular weight excluding hydrogens is 314 g/mol. The predicted octanol–water partition coefficient (Wildman–Crippen LogP) is 1.41. The lowest BCUT2D eigenvalue weighted by Crippen LogP contribution is -2.46. The van der Waals surface area contributed by atoms with Crippen LogP contribution in [0.2, 0.25) is 0 Å². The largest absolute Gasteiger partial charge is 0.479 e. The van der Waals surface area contributed by atoms with Crippen LogP contribution in [0, 0.1) is 0 Å². The lowest BCUT2D eigenvalue weighted by molar-refractivity contribution is -0.156. The van der Waals surface area contributed by atoms with E-state index in [1.165, 1.54) is 6.08 Å². The zero-order valence-corrected chi connectivity index (χ0v) is 11.8. The van der Waals surface area contributed by atoms with Gasteiger partial charge in [-0.1, -0.05) is 28.1 Å². The molecule has 0 heterocycles. The fourth-order valence-electron chi connectivity index (χ4n) is 1.18. The van der Waals surface area contributed by atoms with Gasteiger partial charge in [0.15, 0.2) is 5.60 Å². The van der Waals surface area contributed by atoms with Crippen molar-refractivity contribution in [3.63, 3.8) is 0 Å². The van der Waals surface area contributed by atoms with Gasteiger partial charge < -0.3 is 15.5 Å². The Bertz CT molecular complexity index is 511. The Morgan fingerprint density at radius 2 is 2.16 bits per heavy atom. The van der Waals surface area contributed by atoms with Crippen molar-refractivity contribution in [2.75, 3.05) is 6.54 Å². The third kappa shape index (κ3) is 5.23. The molecule has 19 heavy (non-hydrogen) atoms. The van der Waals surface area contributed by atoms with E-state index in [-0.39, 0.29) is 6.54 Å². The third-order valence-electron chi connectivity index (χ3n) is 2.34. The first-order valence-electron chi connectivity index (χ1n) is 5.48. The second-order valence-corrected chi connectivity index (χ2v) is 5.10. The standard InChI is InChI=1S/C13H14BrNO4/c1-13(19,12(17)18)8-15-11(16)6-5-9-3-2-4-10(14)7-9/h2-7,19H,8H2,1H3,(H,15,16)(H,17,18). The SMILES string of the molecule is CC(O)(CNC(=O)C=Cc1cccc(Br)c1)C(=O)O. The van der Waals surface area contributed by atoms with Crippen molar-refractivity contribution in [2.45, 2.75) is 12.5 Å². The molecule has 0 aliphatic rings. The van der Waals surface area contributed by atoms with E-state index in [1.807, 2.05) is 24.3 Å². The highest BCUT2D eigenvalue weighted by Crippen LogP contribution is 2.12. The van der Waals surface area contributed by atoms with Crippen molar-refractivity contribution in [3.05, 3.63) is 40.4 Å². The molecule has 0 aliphatic heterocycles. The van der Waals surface area contributed by atoms with Gasteiger partial charge in [-0.15, -0.1) is 0 Å². The lowest BCUT2D eigenvalue weighted by Gasteiger charge is -2.17. The second-order valence-electron chi connectivity index (χ2n) is 4.19. The van der Waals surface area contributed by atoms with E-state index in [9.17, 15) is 14.7 Å². The van der Waals surface area contributed by atoms with Crippen LogP contribution in [-0.4, -0.2) is 34.2 Å². The fraction of sp³-hybridized carbons (Fsp3) is 0.231. The van der Waals surface area contributed by atoms with Crippen LogP contribution in [0.4, 0.5) is 0 Å². The molecule has 0 aliphatic carbocycles. The summed E-state index contributed by atoms with van der Waals surface area (Å²) in [5.41, 5.74) is -1.14. The van der Waals surface area contributed by atoms with Crippen LogP contribution in [-0.2, 0) is 9.59 Å². The maximum absolute atomic E-state index is 11.5. The molecule has 3 N–H and O–H groups in total. The minimum absolute atomic E-state index is 0.357. The monoisotopic (exact) mass is 327 g/mol. The summed E-state index contributed by atoms with van der Waals surface area (Å²) >= 11 is 3.31. The van der Waals surface area contributed by atoms with Gasteiger partial charge in [-0.3, -0.25) is 4.79 Å². The smallest absolute Gasteiger partial charge is 0.337 e. The topological polar surface area (TPSA) is 86.6 Å². The van der Waals surface area contributed by atoms with Gasteiger partial charge in [0.05, 0.1) is 6.54 Å².